The van der Waals surface area contributed by atoms with E-state index in [1.165, 1.54) is 0 Å². The molecule has 0 atom stereocenters. The van der Waals surface area contributed by atoms with E-state index in [1.54, 1.807) is 6.20 Å². The molecule has 0 radical (unpaired) electrons. The molecule has 4 heterocycles. The number of nitrogens with zero attached hydrogens (tertiary/aromatic N) is 6. The van der Waals surface area contributed by atoms with Gasteiger partial charge in [-0.05, 0) is 38.3 Å². The van der Waals surface area contributed by atoms with Gasteiger partial charge in [-0.1, -0.05) is 6.07 Å². The van der Waals surface area contributed by atoms with E-state index in [-0.39, 0.29) is 0 Å². The van der Waals surface area contributed by atoms with Crippen molar-refractivity contribution < 1.29 is 0 Å². The second-order valence-corrected chi connectivity index (χ2v) is 6.91. The minimum Gasteiger partial charge on any atom is -0.354 e. The summed E-state index contributed by atoms with van der Waals surface area (Å²) in [5.41, 5.74) is 1.86. The van der Waals surface area contributed by atoms with Gasteiger partial charge in [-0.2, -0.15) is 5.10 Å². The molecule has 0 saturated carbocycles. The van der Waals surface area contributed by atoms with Crippen LogP contribution in [0.5, 0.6) is 0 Å². The number of pyridine rings is 1. The average Bonchev–Trinajstić information content (AvgIpc) is 3.12. The first kappa shape index (κ1) is 18.1. The van der Waals surface area contributed by atoms with Gasteiger partial charge in [0, 0.05) is 50.2 Å². The minimum atomic E-state index is 0.636. The molecule has 8 nitrogen and oxygen atoms in total. The molecule has 0 aromatic carbocycles. The van der Waals surface area contributed by atoms with E-state index in [9.17, 15) is 0 Å². The number of aromatic nitrogens is 5. The fraction of sp³-hybridized carbons (Fsp3) is 0.300. The van der Waals surface area contributed by atoms with Crippen molar-refractivity contribution in [1.82, 2.24) is 30.0 Å². The number of hydrogen-bond donors (Lipinski definition) is 2. The fourth-order valence-electron chi connectivity index (χ4n) is 3.04. The van der Waals surface area contributed by atoms with Gasteiger partial charge in [0.2, 0.25) is 0 Å². The topological polar surface area (TPSA) is 85.9 Å². The lowest BCUT2D eigenvalue weighted by molar-refractivity contribution is 0.312. The van der Waals surface area contributed by atoms with Crippen molar-refractivity contribution in [2.45, 2.75) is 6.92 Å². The molecule has 1 aliphatic heterocycles. The average molecular weight is 376 g/mol. The van der Waals surface area contributed by atoms with Gasteiger partial charge in [0.25, 0.3) is 0 Å². The van der Waals surface area contributed by atoms with E-state index in [0.29, 0.717) is 5.82 Å². The highest BCUT2D eigenvalue weighted by Gasteiger charge is 2.17. The van der Waals surface area contributed by atoms with Crippen molar-refractivity contribution in [3.8, 4) is 0 Å². The summed E-state index contributed by atoms with van der Waals surface area (Å²) in [6.07, 6.45) is 5.59. The number of H-pyrrole nitrogens is 1. The standard InChI is InChI=1S/C20H24N8/c1-15-13-19(26-25-15)23-18-14-20(28-11-9-27(2)10-12-28)24-17(22-18)7-6-16-5-3-4-8-21-16/h3-8,13-14H,9-12H2,1-2H3,(H2,22,23,24,25,26)/b7-6+. The zero-order chi connectivity index (χ0) is 19.3. The molecule has 1 fully saturated rings. The van der Waals surface area contributed by atoms with E-state index < -0.39 is 0 Å². The highest BCUT2D eigenvalue weighted by molar-refractivity contribution is 5.67. The first-order chi connectivity index (χ1) is 13.7. The molecule has 2 N–H and O–H groups in total. The van der Waals surface area contributed by atoms with Crippen molar-refractivity contribution in [2.75, 3.05) is 43.4 Å². The summed E-state index contributed by atoms with van der Waals surface area (Å²) in [4.78, 5) is 18.3. The van der Waals surface area contributed by atoms with Crippen LogP contribution in [-0.4, -0.2) is 63.3 Å². The zero-order valence-electron chi connectivity index (χ0n) is 16.1. The maximum Gasteiger partial charge on any atom is 0.156 e. The van der Waals surface area contributed by atoms with Gasteiger partial charge < -0.3 is 15.1 Å². The van der Waals surface area contributed by atoms with Crippen LogP contribution in [0.25, 0.3) is 12.2 Å². The van der Waals surface area contributed by atoms with Gasteiger partial charge in [0.1, 0.15) is 11.6 Å². The lowest BCUT2D eigenvalue weighted by Gasteiger charge is -2.33. The van der Waals surface area contributed by atoms with E-state index in [0.717, 1.165) is 55.0 Å². The van der Waals surface area contributed by atoms with Crippen LogP contribution in [0.2, 0.25) is 0 Å². The molecule has 1 saturated heterocycles. The number of hydrogen-bond acceptors (Lipinski definition) is 7. The molecule has 0 bridgehead atoms. The number of nitrogens with one attached hydrogen (secondary N) is 2. The second kappa shape index (κ2) is 8.18. The Kier molecular flexibility index (Phi) is 5.29. The maximum atomic E-state index is 4.76. The smallest absolute Gasteiger partial charge is 0.156 e. The van der Waals surface area contributed by atoms with Crippen LogP contribution < -0.4 is 10.2 Å². The Morgan fingerprint density at radius 3 is 2.61 bits per heavy atom. The third-order valence-electron chi connectivity index (χ3n) is 4.61. The lowest BCUT2D eigenvalue weighted by Crippen LogP contribution is -2.44. The van der Waals surface area contributed by atoms with Gasteiger partial charge in [-0.25, -0.2) is 9.97 Å². The fourth-order valence-corrected chi connectivity index (χ4v) is 3.04. The Balaban J connectivity index is 1.62. The molecule has 144 valence electrons. The Bertz CT molecular complexity index is 942. The lowest BCUT2D eigenvalue weighted by atomic mass is 10.3. The predicted molar refractivity (Wildman–Crippen MR) is 112 cm³/mol. The largest absolute Gasteiger partial charge is 0.354 e. The Labute approximate surface area is 164 Å². The van der Waals surface area contributed by atoms with Gasteiger partial charge >= 0.3 is 0 Å². The molecule has 28 heavy (non-hydrogen) atoms. The summed E-state index contributed by atoms with van der Waals surface area (Å²) in [7, 11) is 2.14. The van der Waals surface area contributed by atoms with Gasteiger partial charge in [-0.3, -0.25) is 10.1 Å². The van der Waals surface area contributed by atoms with E-state index >= 15 is 0 Å². The SMILES string of the molecule is Cc1cc(Nc2cc(N3CCN(C)CC3)nc(/C=C/c3ccccn3)n2)n[nH]1. The molecule has 3 aromatic rings. The summed E-state index contributed by atoms with van der Waals surface area (Å²) in [6.45, 7) is 5.89. The number of aryl methyl sites for hydroxylation is 1. The van der Waals surface area contributed by atoms with Crippen LogP contribution in [0.4, 0.5) is 17.5 Å². The molecule has 1 aliphatic rings. The summed E-state index contributed by atoms with van der Waals surface area (Å²) >= 11 is 0. The highest BCUT2D eigenvalue weighted by Crippen LogP contribution is 2.21. The third-order valence-corrected chi connectivity index (χ3v) is 4.61. The van der Waals surface area contributed by atoms with Crippen molar-refractivity contribution in [2.24, 2.45) is 0 Å². The minimum absolute atomic E-state index is 0.636. The van der Waals surface area contributed by atoms with Crippen molar-refractivity contribution in [1.29, 1.82) is 0 Å². The molecule has 0 amide bonds. The molecule has 8 heteroatoms. The van der Waals surface area contributed by atoms with Gasteiger partial charge in [0.05, 0.1) is 5.69 Å². The number of piperazine rings is 1. The summed E-state index contributed by atoms with van der Waals surface area (Å²) in [5, 5.41) is 10.5. The highest BCUT2D eigenvalue weighted by atomic mass is 15.3. The van der Waals surface area contributed by atoms with E-state index in [2.05, 4.69) is 42.3 Å². The molecule has 0 aliphatic carbocycles. The van der Waals surface area contributed by atoms with Gasteiger partial charge in [-0.15, -0.1) is 0 Å². The van der Waals surface area contributed by atoms with Gasteiger partial charge in [0.15, 0.2) is 11.6 Å². The quantitative estimate of drug-likeness (QED) is 0.708. The molecule has 3 aromatic heterocycles. The first-order valence-corrected chi connectivity index (χ1v) is 9.36. The van der Waals surface area contributed by atoms with Crippen molar-refractivity contribution >= 4 is 29.6 Å². The molecule has 0 spiro atoms. The first-order valence-electron chi connectivity index (χ1n) is 9.36. The third kappa shape index (κ3) is 4.52. The molecule has 0 unspecified atom stereocenters. The molecular weight excluding hydrogens is 352 g/mol. The Hall–Kier alpha value is -3.26. The van der Waals surface area contributed by atoms with Crippen LogP contribution in [0.3, 0.4) is 0 Å². The summed E-state index contributed by atoms with van der Waals surface area (Å²) in [5.74, 6) is 3.01. The zero-order valence-corrected chi connectivity index (χ0v) is 16.1. The van der Waals surface area contributed by atoms with Crippen LogP contribution in [0.1, 0.15) is 17.2 Å². The van der Waals surface area contributed by atoms with Crippen LogP contribution in [0.15, 0.2) is 36.5 Å². The summed E-state index contributed by atoms with van der Waals surface area (Å²) in [6, 6.07) is 9.73. The number of anilines is 3. The molecule has 4 rings (SSSR count). The number of aromatic amines is 1. The normalized spacial score (nSPS) is 15.3. The monoisotopic (exact) mass is 376 g/mol. The van der Waals surface area contributed by atoms with Crippen LogP contribution in [-0.2, 0) is 0 Å². The second-order valence-electron chi connectivity index (χ2n) is 6.91. The number of rotatable bonds is 5. The van der Waals surface area contributed by atoms with Crippen LogP contribution in [0, 0.1) is 6.92 Å². The Morgan fingerprint density at radius 2 is 1.89 bits per heavy atom. The number of likely N-dealkylation sites (N-methyl/N-ethyl adjacent to an activating group) is 1. The summed E-state index contributed by atoms with van der Waals surface area (Å²) < 4.78 is 0. The van der Waals surface area contributed by atoms with Crippen molar-refractivity contribution in [3.05, 3.63) is 53.7 Å². The Morgan fingerprint density at radius 1 is 1.04 bits per heavy atom. The molecular formula is C20H24N8. The van der Waals surface area contributed by atoms with E-state index in [1.807, 2.05) is 49.4 Å². The van der Waals surface area contributed by atoms with E-state index in [4.69, 9.17) is 4.98 Å². The van der Waals surface area contributed by atoms with Crippen molar-refractivity contribution in [3.63, 3.8) is 0 Å². The predicted octanol–water partition coefficient (Wildman–Crippen LogP) is 2.57. The van der Waals surface area contributed by atoms with Crippen LogP contribution >= 0.6 is 0 Å². The maximum absolute atomic E-state index is 4.76.